The average molecular weight is 357 g/mol. The molecule has 0 aliphatic rings. The Labute approximate surface area is 148 Å². The minimum absolute atomic E-state index is 0.170. The summed E-state index contributed by atoms with van der Waals surface area (Å²) < 4.78 is 28.3. The Bertz CT molecular complexity index is 999. The second kappa shape index (κ2) is 6.54. The molecule has 0 aliphatic heterocycles. The van der Waals surface area contributed by atoms with Crippen LogP contribution in [0.3, 0.4) is 0 Å². The lowest BCUT2D eigenvalue weighted by atomic mass is 10.1. The summed E-state index contributed by atoms with van der Waals surface area (Å²) in [6.45, 7) is 5.52. The number of sulfonamides is 1. The molecule has 0 aliphatic carbocycles. The molecule has 4 N–H and O–H groups in total. The van der Waals surface area contributed by atoms with Gasteiger partial charge in [-0.3, -0.25) is 0 Å². The van der Waals surface area contributed by atoms with Crippen molar-refractivity contribution in [3.05, 3.63) is 59.3 Å². The molecule has 1 atom stereocenters. The summed E-state index contributed by atoms with van der Waals surface area (Å²) in [5, 5.41) is 1.11. The van der Waals surface area contributed by atoms with Gasteiger partial charge in [0, 0.05) is 23.1 Å². The fourth-order valence-electron chi connectivity index (χ4n) is 3.35. The van der Waals surface area contributed by atoms with Gasteiger partial charge in [0.05, 0.1) is 5.69 Å². The first-order valence-corrected chi connectivity index (χ1v) is 9.70. The summed E-state index contributed by atoms with van der Waals surface area (Å²) in [4.78, 5) is 3.39. The first-order chi connectivity index (χ1) is 11.8. The summed E-state index contributed by atoms with van der Waals surface area (Å²) >= 11 is 0. The maximum atomic E-state index is 12.8. The van der Waals surface area contributed by atoms with Crippen molar-refractivity contribution in [2.24, 2.45) is 0 Å². The van der Waals surface area contributed by atoms with Gasteiger partial charge in [0.2, 0.25) is 10.0 Å². The van der Waals surface area contributed by atoms with Gasteiger partial charge in [0.15, 0.2) is 0 Å². The van der Waals surface area contributed by atoms with Gasteiger partial charge in [0.25, 0.3) is 0 Å². The molecule has 0 saturated carbocycles. The summed E-state index contributed by atoms with van der Waals surface area (Å²) in [6.07, 6.45) is 2.52. The zero-order valence-corrected chi connectivity index (χ0v) is 15.4. The molecule has 3 rings (SSSR count). The van der Waals surface area contributed by atoms with Gasteiger partial charge in [-0.15, -0.1) is 0 Å². The van der Waals surface area contributed by atoms with E-state index in [0.717, 1.165) is 22.0 Å². The number of rotatable bonds is 5. The lowest BCUT2D eigenvalue weighted by Gasteiger charge is -2.17. The number of aryl methyl sites for hydroxylation is 2. The summed E-state index contributed by atoms with van der Waals surface area (Å²) in [6, 6.07) is 11.2. The van der Waals surface area contributed by atoms with Gasteiger partial charge >= 0.3 is 0 Å². The van der Waals surface area contributed by atoms with Crippen molar-refractivity contribution < 1.29 is 8.42 Å². The van der Waals surface area contributed by atoms with Crippen LogP contribution in [-0.2, 0) is 16.4 Å². The molecule has 0 fully saturated rings. The predicted octanol–water partition coefficient (Wildman–Crippen LogP) is 3.28. The summed E-state index contributed by atoms with van der Waals surface area (Å²) in [5.41, 5.74) is 9.98. The molecule has 132 valence electrons. The largest absolute Gasteiger partial charge is 0.398 e. The number of anilines is 1. The maximum absolute atomic E-state index is 12.8. The number of nitrogens with two attached hydrogens (primary N) is 1. The van der Waals surface area contributed by atoms with Crippen LogP contribution in [0.4, 0.5) is 5.69 Å². The van der Waals surface area contributed by atoms with Crippen LogP contribution >= 0.6 is 0 Å². The Hall–Kier alpha value is -2.31. The number of aromatic nitrogens is 1. The van der Waals surface area contributed by atoms with E-state index in [1.165, 1.54) is 0 Å². The fourth-order valence-corrected chi connectivity index (χ4v) is 4.93. The average Bonchev–Trinajstić information content (AvgIpc) is 2.88. The van der Waals surface area contributed by atoms with Crippen molar-refractivity contribution in [3.63, 3.8) is 0 Å². The van der Waals surface area contributed by atoms with E-state index in [9.17, 15) is 8.42 Å². The number of hydrogen-bond donors (Lipinski definition) is 3. The van der Waals surface area contributed by atoms with Gasteiger partial charge in [-0.1, -0.05) is 24.3 Å². The predicted molar refractivity (Wildman–Crippen MR) is 102 cm³/mol. The standard InChI is InChI=1S/C19H23N3O2S/c1-12-8-13(2)19(17(20)9-12)25(23,24)22-14(3)10-15-11-21-18-7-5-4-6-16(15)18/h4-9,11,14,21-22H,10,20H2,1-3H3. The van der Waals surface area contributed by atoms with Crippen molar-refractivity contribution >= 4 is 26.6 Å². The quantitative estimate of drug-likeness (QED) is 0.612. The first kappa shape index (κ1) is 17.5. The van der Waals surface area contributed by atoms with Crippen LogP contribution in [0.1, 0.15) is 23.6 Å². The van der Waals surface area contributed by atoms with Crippen LogP contribution in [-0.4, -0.2) is 19.4 Å². The third-order valence-electron chi connectivity index (χ3n) is 4.27. The van der Waals surface area contributed by atoms with Crippen molar-refractivity contribution in [1.29, 1.82) is 0 Å². The lowest BCUT2D eigenvalue weighted by molar-refractivity contribution is 0.560. The van der Waals surface area contributed by atoms with Gasteiger partial charge in [0.1, 0.15) is 4.90 Å². The molecule has 1 heterocycles. The second-order valence-corrected chi connectivity index (χ2v) is 8.24. The highest BCUT2D eigenvalue weighted by atomic mass is 32.2. The molecule has 0 radical (unpaired) electrons. The van der Waals surface area contributed by atoms with E-state index in [0.29, 0.717) is 12.0 Å². The Morgan fingerprint density at radius 1 is 1.20 bits per heavy atom. The molecule has 0 bridgehead atoms. The van der Waals surface area contributed by atoms with Gasteiger partial charge in [-0.25, -0.2) is 13.1 Å². The van der Waals surface area contributed by atoms with Gasteiger partial charge in [-0.2, -0.15) is 0 Å². The fraction of sp³-hybridized carbons (Fsp3) is 0.263. The number of para-hydroxylation sites is 1. The van der Waals surface area contributed by atoms with Crippen LogP contribution in [0.5, 0.6) is 0 Å². The van der Waals surface area contributed by atoms with E-state index in [2.05, 4.69) is 9.71 Å². The van der Waals surface area contributed by atoms with E-state index in [1.807, 2.05) is 50.4 Å². The summed E-state index contributed by atoms with van der Waals surface area (Å²) in [5.74, 6) is 0. The topological polar surface area (TPSA) is 88.0 Å². The molecule has 6 heteroatoms. The number of benzene rings is 2. The zero-order chi connectivity index (χ0) is 18.2. The van der Waals surface area contributed by atoms with Crippen molar-refractivity contribution in [2.45, 2.75) is 38.1 Å². The van der Waals surface area contributed by atoms with E-state index in [-0.39, 0.29) is 16.6 Å². The Morgan fingerprint density at radius 3 is 2.64 bits per heavy atom. The number of hydrogen-bond acceptors (Lipinski definition) is 3. The number of aromatic amines is 1. The van der Waals surface area contributed by atoms with E-state index < -0.39 is 10.0 Å². The second-order valence-electron chi connectivity index (χ2n) is 6.59. The number of nitrogen functional groups attached to an aromatic ring is 1. The number of fused-ring (bicyclic) bond motifs is 1. The molecule has 2 aromatic carbocycles. The SMILES string of the molecule is Cc1cc(C)c(S(=O)(=O)NC(C)Cc2c[nH]c3ccccc23)c(N)c1. The van der Waals surface area contributed by atoms with Gasteiger partial charge in [-0.05, 0) is 56.0 Å². The molecule has 25 heavy (non-hydrogen) atoms. The minimum atomic E-state index is -3.68. The van der Waals surface area contributed by atoms with Crippen LogP contribution in [0.25, 0.3) is 10.9 Å². The zero-order valence-electron chi connectivity index (χ0n) is 14.6. The first-order valence-electron chi connectivity index (χ1n) is 8.22. The van der Waals surface area contributed by atoms with Gasteiger partial charge < -0.3 is 10.7 Å². The smallest absolute Gasteiger partial charge is 0.243 e. The molecule has 3 aromatic rings. The molecule has 5 nitrogen and oxygen atoms in total. The van der Waals surface area contributed by atoms with Crippen molar-refractivity contribution in [2.75, 3.05) is 5.73 Å². The summed E-state index contributed by atoms with van der Waals surface area (Å²) in [7, 11) is -3.68. The monoisotopic (exact) mass is 357 g/mol. The molecule has 0 saturated heterocycles. The lowest BCUT2D eigenvalue weighted by Crippen LogP contribution is -2.34. The highest BCUT2D eigenvalue weighted by Gasteiger charge is 2.23. The molecule has 1 unspecified atom stereocenters. The minimum Gasteiger partial charge on any atom is -0.398 e. The van der Waals surface area contributed by atoms with Crippen molar-refractivity contribution in [1.82, 2.24) is 9.71 Å². The molecular formula is C19H23N3O2S. The normalized spacial score (nSPS) is 13.2. The van der Waals surface area contributed by atoms with Crippen LogP contribution < -0.4 is 10.5 Å². The molecule has 0 amide bonds. The Balaban J connectivity index is 1.84. The van der Waals surface area contributed by atoms with Crippen LogP contribution in [0.15, 0.2) is 47.5 Å². The van der Waals surface area contributed by atoms with E-state index in [4.69, 9.17) is 5.73 Å². The van der Waals surface area contributed by atoms with Crippen molar-refractivity contribution in [3.8, 4) is 0 Å². The number of nitrogens with one attached hydrogen (secondary N) is 2. The third kappa shape index (κ3) is 3.55. The highest BCUT2D eigenvalue weighted by molar-refractivity contribution is 7.89. The molecule has 1 aromatic heterocycles. The van der Waals surface area contributed by atoms with Crippen LogP contribution in [0, 0.1) is 13.8 Å². The maximum Gasteiger partial charge on any atom is 0.243 e. The van der Waals surface area contributed by atoms with E-state index in [1.54, 1.807) is 13.0 Å². The number of H-pyrrole nitrogens is 1. The van der Waals surface area contributed by atoms with E-state index >= 15 is 0 Å². The highest BCUT2D eigenvalue weighted by Crippen LogP contribution is 2.25. The molecular weight excluding hydrogens is 334 g/mol. The third-order valence-corrected chi connectivity index (χ3v) is 6.08. The molecule has 0 spiro atoms. The Morgan fingerprint density at radius 2 is 1.92 bits per heavy atom. The Kier molecular flexibility index (Phi) is 4.58. The van der Waals surface area contributed by atoms with Crippen LogP contribution in [0.2, 0.25) is 0 Å².